The predicted octanol–water partition coefficient (Wildman–Crippen LogP) is 5.20. The topological polar surface area (TPSA) is 79.4 Å². The smallest absolute Gasteiger partial charge is 0.238 e. The molecule has 190 valence electrons. The van der Waals surface area contributed by atoms with E-state index in [-0.39, 0.29) is 22.9 Å². The number of carbonyl (C=O) groups excluding carboxylic acids is 3. The van der Waals surface area contributed by atoms with E-state index in [4.69, 9.17) is 0 Å². The van der Waals surface area contributed by atoms with Gasteiger partial charge >= 0.3 is 0 Å². The van der Waals surface area contributed by atoms with Gasteiger partial charge in [0.2, 0.25) is 5.91 Å². The largest absolute Gasteiger partial charge is 0.358 e. The third-order valence-electron chi connectivity index (χ3n) is 8.17. The number of rotatable bonds is 4. The zero-order valence-electron chi connectivity index (χ0n) is 20.6. The van der Waals surface area contributed by atoms with Crippen molar-refractivity contribution in [1.29, 1.82) is 0 Å². The highest BCUT2D eigenvalue weighted by molar-refractivity contribution is 6.16. The SMILES string of the molecule is O=C(c1ccc(F)cc1)C1C(C(=O)c2ccccn2)C2(C(=O)Nc3ccccc32)C2c3ccccc3C=CN12. The minimum Gasteiger partial charge on any atom is -0.358 e. The van der Waals surface area contributed by atoms with Gasteiger partial charge in [0.05, 0.1) is 12.0 Å². The number of aromatic nitrogens is 1. The lowest BCUT2D eigenvalue weighted by Crippen LogP contribution is -2.49. The molecule has 1 aromatic heterocycles. The second-order valence-corrected chi connectivity index (χ2v) is 10.0. The van der Waals surface area contributed by atoms with Gasteiger partial charge in [-0.25, -0.2) is 4.39 Å². The number of fused-ring (bicyclic) bond motifs is 6. The summed E-state index contributed by atoms with van der Waals surface area (Å²) in [6, 6.07) is 23.7. The van der Waals surface area contributed by atoms with Crippen molar-refractivity contribution >= 4 is 29.2 Å². The summed E-state index contributed by atoms with van der Waals surface area (Å²) in [4.78, 5) is 49.3. The van der Waals surface area contributed by atoms with Crippen LogP contribution in [0.1, 0.15) is 43.6 Å². The van der Waals surface area contributed by atoms with Gasteiger partial charge in [0.15, 0.2) is 11.6 Å². The van der Waals surface area contributed by atoms with Crippen molar-refractivity contribution in [2.45, 2.75) is 17.5 Å². The number of nitrogens with one attached hydrogen (secondary N) is 1. The highest BCUT2D eigenvalue weighted by Crippen LogP contribution is 2.62. The summed E-state index contributed by atoms with van der Waals surface area (Å²) in [7, 11) is 0. The van der Waals surface area contributed by atoms with Crippen LogP contribution in [0.5, 0.6) is 0 Å². The van der Waals surface area contributed by atoms with E-state index in [0.717, 1.165) is 11.1 Å². The van der Waals surface area contributed by atoms with Crippen molar-refractivity contribution in [3.63, 3.8) is 0 Å². The number of pyridine rings is 1. The number of hydrogen-bond acceptors (Lipinski definition) is 5. The molecule has 4 atom stereocenters. The molecule has 0 radical (unpaired) electrons. The second kappa shape index (κ2) is 8.56. The van der Waals surface area contributed by atoms with Crippen LogP contribution < -0.4 is 5.32 Å². The number of Topliss-reactive ketones (excluding diaryl/α,β-unsaturated/α-hetero) is 2. The third-order valence-corrected chi connectivity index (χ3v) is 8.17. The molecule has 3 aliphatic rings. The summed E-state index contributed by atoms with van der Waals surface area (Å²) in [6.07, 6.45) is 5.23. The van der Waals surface area contributed by atoms with Gasteiger partial charge in [-0.3, -0.25) is 19.4 Å². The molecule has 1 fully saturated rings. The van der Waals surface area contributed by atoms with E-state index in [0.29, 0.717) is 11.3 Å². The van der Waals surface area contributed by atoms with E-state index in [1.54, 1.807) is 24.4 Å². The van der Waals surface area contributed by atoms with E-state index in [9.17, 15) is 18.8 Å². The van der Waals surface area contributed by atoms with Gasteiger partial charge in [0.25, 0.3) is 0 Å². The Bertz CT molecular complexity index is 1680. The molecular formula is C32H22FN3O3. The molecule has 3 aromatic carbocycles. The Morgan fingerprint density at radius 1 is 0.872 bits per heavy atom. The van der Waals surface area contributed by atoms with Gasteiger partial charge in [-0.05, 0) is 65.2 Å². The summed E-state index contributed by atoms with van der Waals surface area (Å²) in [5, 5.41) is 3.01. The summed E-state index contributed by atoms with van der Waals surface area (Å²) < 4.78 is 13.8. The molecule has 4 heterocycles. The number of benzene rings is 3. The van der Waals surface area contributed by atoms with Crippen LogP contribution in [0.15, 0.2) is 103 Å². The van der Waals surface area contributed by atoms with Crippen LogP contribution in [0.2, 0.25) is 0 Å². The number of amides is 1. The van der Waals surface area contributed by atoms with Crippen LogP contribution in [0.4, 0.5) is 10.1 Å². The van der Waals surface area contributed by atoms with Crippen LogP contribution in [-0.4, -0.2) is 33.4 Å². The standard InChI is InChI=1S/C32H22FN3O3/c33-21-14-12-20(13-15-21)28(37)27-26(29(38)25-11-5-6-17-34-25)32(23-9-3-4-10-24(23)35-31(32)39)30-22-8-2-1-7-19(22)16-18-36(27)30/h1-18,26-27,30H,(H,35,39). The Labute approximate surface area is 223 Å². The lowest BCUT2D eigenvalue weighted by molar-refractivity contribution is -0.122. The number of anilines is 1. The number of ketones is 2. The first-order chi connectivity index (χ1) is 19.0. The van der Waals surface area contributed by atoms with E-state index in [1.165, 1.54) is 30.5 Å². The zero-order valence-corrected chi connectivity index (χ0v) is 20.6. The molecule has 6 nitrogen and oxygen atoms in total. The number of hydrogen-bond donors (Lipinski definition) is 1. The van der Waals surface area contributed by atoms with Crippen LogP contribution in [-0.2, 0) is 10.2 Å². The number of nitrogens with zero attached hydrogens (tertiary/aromatic N) is 2. The fourth-order valence-electron chi connectivity index (χ4n) is 6.62. The molecule has 4 unspecified atom stereocenters. The maximum atomic E-state index is 14.5. The molecule has 0 aliphatic carbocycles. The number of para-hydroxylation sites is 1. The molecular weight excluding hydrogens is 493 g/mol. The molecule has 7 heteroatoms. The molecule has 0 bridgehead atoms. The maximum Gasteiger partial charge on any atom is 0.238 e. The van der Waals surface area contributed by atoms with Gasteiger partial charge in [-0.2, -0.15) is 0 Å². The zero-order chi connectivity index (χ0) is 26.7. The van der Waals surface area contributed by atoms with Crippen molar-refractivity contribution in [3.05, 3.63) is 137 Å². The molecule has 1 amide bonds. The Kier molecular flexibility index (Phi) is 5.10. The van der Waals surface area contributed by atoms with Crippen LogP contribution in [0.3, 0.4) is 0 Å². The van der Waals surface area contributed by atoms with Crippen LogP contribution in [0, 0.1) is 11.7 Å². The first-order valence-electron chi connectivity index (χ1n) is 12.7. The summed E-state index contributed by atoms with van der Waals surface area (Å²) in [5.41, 5.74) is 2.05. The second-order valence-electron chi connectivity index (χ2n) is 10.0. The fraction of sp³-hybridized carbons (Fsp3) is 0.125. The summed E-state index contributed by atoms with van der Waals surface area (Å²) >= 11 is 0. The first kappa shape index (κ1) is 23.2. The average Bonchev–Trinajstić information content (AvgIpc) is 3.45. The summed E-state index contributed by atoms with van der Waals surface area (Å²) in [6.45, 7) is 0. The van der Waals surface area contributed by atoms with Gasteiger partial charge in [0.1, 0.15) is 23.0 Å². The lowest BCUT2D eigenvalue weighted by atomic mass is 9.63. The van der Waals surface area contributed by atoms with Gasteiger partial charge in [0, 0.05) is 23.6 Å². The Balaban J connectivity index is 1.54. The van der Waals surface area contributed by atoms with Gasteiger partial charge < -0.3 is 10.2 Å². The molecule has 0 saturated carbocycles. The molecule has 3 aliphatic heterocycles. The summed E-state index contributed by atoms with van der Waals surface area (Å²) in [5.74, 6) is -2.69. The van der Waals surface area contributed by atoms with Crippen molar-refractivity contribution in [2.75, 3.05) is 5.32 Å². The van der Waals surface area contributed by atoms with Crippen molar-refractivity contribution in [2.24, 2.45) is 5.92 Å². The maximum absolute atomic E-state index is 14.5. The molecule has 7 rings (SSSR count). The predicted molar refractivity (Wildman–Crippen MR) is 143 cm³/mol. The monoisotopic (exact) mass is 515 g/mol. The van der Waals surface area contributed by atoms with E-state index in [1.807, 2.05) is 59.5 Å². The molecule has 1 N–H and O–H groups in total. The minimum absolute atomic E-state index is 0.174. The molecule has 39 heavy (non-hydrogen) atoms. The van der Waals surface area contributed by atoms with Crippen molar-refractivity contribution < 1.29 is 18.8 Å². The Hall–Kier alpha value is -4.91. The third kappa shape index (κ3) is 3.19. The molecule has 4 aromatic rings. The minimum atomic E-state index is -1.42. The fourth-order valence-corrected chi connectivity index (χ4v) is 6.62. The normalized spacial score (nSPS) is 24.2. The van der Waals surface area contributed by atoms with E-state index in [2.05, 4.69) is 10.3 Å². The quantitative estimate of drug-likeness (QED) is 0.378. The highest BCUT2D eigenvalue weighted by atomic mass is 19.1. The number of halogens is 1. The highest BCUT2D eigenvalue weighted by Gasteiger charge is 2.70. The molecule has 1 spiro atoms. The Morgan fingerprint density at radius 2 is 1.62 bits per heavy atom. The van der Waals surface area contributed by atoms with Gasteiger partial charge in [-0.1, -0.05) is 48.5 Å². The van der Waals surface area contributed by atoms with E-state index < -0.39 is 35.0 Å². The van der Waals surface area contributed by atoms with Crippen LogP contribution >= 0.6 is 0 Å². The average molecular weight is 516 g/mol. The van der Waals surface area contributed by atoms with Crippen molar-refractivity contribution in [3.8, 4) is 0 Å². The van der Waals surface area contributed by atoms with Gasteiger partial charge in [-0.15, -0.1) is 0 Å². The van der Waals surface area contributed by atoms with E-state index >= 15 is 0 Å². The van der Waals surface area contributed by atoms with Crippen LogP contribution in [0.25, 0.3) is 6.08 Å². The first-order valence-corrected chi connectivity index (χ1v) is 12.7. The molecule has 1 saturated heterocycles. The lowest BCUT2D eigenvalue weighted by Gasteiger charge is -2.38. The van der Waals surface area contributed by atoms with Crippen molar-refractivity contribution in [1.82, 2.24) is 9.88 Å². The Morgan fingerprint density at radius 3 is 2.41 bits per heavy atom. The number of carbonyl (C=O) groups is 3.